The molecule has 1 aliphatic heterocycles. The molecule has 3 aromatic rings. The van der Waals surface area contributed by atoms with E-state index in [0.717, 1.165) is 49.1 Å². The molecule has 1 aromatic carbocycles. The third-order valence-corrected chi connectivity index (χ3v) is 6.55. The van der Waals surface area contributed by atoms with Gasteiger partial charge in [-0.2, -0.15) is 0 Å². The molecule has 0 saturated carbocycles. The molecule has 0 bridgehead atoms. The van der Waals surface area contributed by atoms with Gasteiger partial charge in [-0.1, -0.05) is 19.9 Å². The van der Waals surface area contributed by atoms with Gasteiger partial charge in [0.15, 0.2) is 16.6 Å². The Morgan fingerprint density at radius 1 is 1.14 bits per heavy atom. The summed E-state index contributed by atoms with van der Waals surface area (Å²) in [6, 6.07) is 9.56. The van der Waals surface area contributed by atoms with Gasteiger partial charge < -0.3 is 29.6 Å². The molecule has 0 saturated heterocycles. The number of aromatic nitrogens is 2. The van der Waals surface area contributed by atoms with Crippen LogP contribution in [0.1, 0.15) is 31.4 Å². The molecule has 0 aliphatic carbocycles. The summed E-state index contributed by atoms with van der Waals surface area (Å²) in [6.45, 7) is 10.2. The Labute approximate surface area is 211 Å². The van der Waals surface area contributed by atoms with Crippen molar-refractivity contribution in [3.05, 3.63) is 64.2 Å². The maximum atomic E-state index is 13.0. The first kappa shape index (κ1) is 24.9. The van der Waals surface area contributed by atoms with Crippen molar-refractivity contribution < 1.29 is 9.47 Å². The quantitative estimate of drug-likeness (QED) is 0.328. The zero-order valence-corrected chi connectivity index (χ0v) is 21.2. The van der Waals surface area contributed by atoms with Crippen LogP contribution < -0.4 is 20.3 Å². The Kier molecular flexibility index (Phi) is 8.54. The number of nitrogens with one attached hydrogen (secondary N) is 2. The number of hydrogen-bond donors (Lipinski definition) is 2. The number of ether oxygens (including phenoxy) is 2. The van der Waals surface area contributed by atoms with Crippen molar-refractivity contribution in [3.8, 4) is 11.5 Å². The number of benzene rings is 1. The number of H-pyrrole nitrogens is 1. The van der Waals surface area contributed by atoms with Crippen LogP contribution in [0.4, 0.5) is 0 Å². The van der Waals surface area contributed by atoms with E-state index in [4.69, 9.17) is 21.7 Å². The molecule has 0 amide bonds. The number of nitrogens with zero attached hydrogens (tertiary/aromatic N) is 3. The van der Waals surface area contributed by atoms with Crippen LogP contribution in [0.5, 0.6) is 11.5 Å². The molecule has 3 heterocycles. The SMILES string of the molecule is CCN(CC)CCCNC(=S)N(Cc1cccnc1)Cc1cc2cc3c(cc2[nH]c1=O)OCCO3. The van der Waals surface area contributed by atoms with Gasteiger partial charge in [-0.3, -0.25) is 9.78 Å². The van der Waals surface area contributed by atoms with Gasteiger partial charge in [-0.25, -0.2) is 0 Å². The Morgan fingerprint density at radius 3 is 2.63 bits per heavy atom. The zero-order valence-electron chi connectivity index (χ0n) is 20.4. The van der Waals surface area contributed by atoms with E-state index < -0.39 is 0 Å². The maximum absolute atomic E-state index is 13.0. The lowest BCUT2D eigenvalue weighted by Crippen LogP contribution is -2.41. The molecule has 0 fully saturated rings. The fraction of sp³-hybridized carbons (Fsp3) is 0.423. The average Bonchev–Trinajstić information content (AvgIpc) is 2.88. The van der Waals surface area contributed by atoms with Crippen LogP contribution in [-0.2, 0) is 13.1 Å². The minimum Gasteiger partial charge on any atom is -0.486 e. The number of hydrogen-bond acceptors (Lipinski definition) is 6. The molecule has 0 radical (unpaired) electrons. The van der Waals surface area contributed by atoms with Gasteiger partial charge in [0.05, 0.1) is 12.1 Å². The number of pyridine rings is 2. The van der Waals surface area contributed by atoms with E-state index in [-0.39, 0.29) is 5.56 Å². The van der Waals surface area contributed by atoms with Gasteiger partial charge in [0.25, 0.3) is 5.56 Å². The van der Waals surface area contributed by atoms with Crippen molar-refractivity contribution in [2.24, 2.45) is 0 Å². The number of fused-ring (bicyclic) bond motifs is 2. The number of aromatic amines is 1. The van der Waals surface area contributed by atoms with E-state index >= 15 is 0 Å². The van der Waals surface area contributed by atoms with E-state index in [1.54, 1.807) is 6.20 Å². The van der Waals surface area contributed by atoms with Crippen molar-refractivity contribution in [2.75, 3.05) is 39.4 Å². The Bertz CT molecular complexity index is 1200. The summed E-state index contributed by atoms with van der Waals surface area (Å²) in [4.78, 5) is 24.6. The van der Waals surface area contributed by atoms with Crippen LogP contribution in [0.3, 0.4) is 0 Å². The third-order valence-electron chi connectivity index (χ3n) is 6.15. The fourth-order valence-electron chi connectivity index (χ4n) is 4.17. The van der Waals surface area contributed by atoms with Crippen LogP contribution in [0.25, 0.3) is 10.9 Å². The molecule has 2 aromatic heterocycles. The molecule has 9 heteroatoms. The molecule has 8 nitrogen and oxygen atoms in total. The van der Waals surface area contributed by atoms with Crippen LogP contribution in [0.2, 0.25) is 0 Å². The summed E-state index contributed by atoms with van der Waals surface area (Å²) >= 11 is 5.76. The standard InChI is InChI=1S/C26H33N5O3S/c1-3-30(4-2)10-6-9-28-26(35)31(17-19-7-5-8-27-16-19)18-21-13-20-14-23-24(34-12-11-33-23)15-22(20)29-25(21)32/h5,7-8,13-16H,3-4,6,9-12,17-18H2,1-2H3,(H,28,35)(H,29,32). The number of thiocarbonyl (C=S) groups is 1. The van der Waals surface area contributed by atoms with E-state index in [9.17, 15) is 4.79 Å². The van der Waals surface area contributed by atoms with Crippen molar-refractivity contribution >= 4 is 28.2 Å². The highest BCUT2D eigenvalue weighted by Crippen LogP contribution is 2.33. The molecule has 0 atom stereocenters. The normalized spacial score (nSPS) is 12.7. The molecular weight excluding hydrogens is 462 g/mol. The lowest BCUT2D eigenvalue weighted by Gasteiger charge is -2.26. The van der Waals surface area contributed by atoms with Gasteiger partial charge >= 0.3 is 0 Å². The Hall–Kier alpha value is -3.17. The molecule has 1 aliphatic rings. The van der Waals surface area contributed by atoms with E-state index in [1.807, 2.05) is 41.4 Å². The van der Waals surface area contributed by atoms with Crippen LogP contribution in [-0.4, -0.2) is 64.3 Å². The molecule has 0 unspecified atom stereocenters. The van der Waals surface area contributed by atoms with E-state index in [1.165, 1.54) is 0 Å². The molecule has 186 valence electrons. The molecule has 2 N–H and O–H groups in total. The first-order valence-electron chi connectivity index (χ1n) is 12.2. The fourth-order valence-corrected chi connectivity index (χ4v) is 4.40. The predicted molar refractivity (Wildman–Crippen MR) is 142 cm³/mol. The average molecular weight is 496 g/mol. The predicted octanol–water partition coefficient (Wildman–Crippen LogP) is 3.30. The largest absolute Gasteiger partial charge is 0.486 e. The van der Waals surface area contributed by atoms with Gasteiger partial charge in [0.2, 0.25) is 0 Å². The smallest absolute Gasteiger partial charge is 0.253 e. The first-order chi connectivity index (χ1) is 17.1. The van der Waals surface area contributed by atoms with Crippen LogP contribution in [0, 0.1) is 0 Å². The van der Waals surface area contributed by atoms with Crippen molar-refractivity contribution in [1.82, 2.24) is 25.1 Å². The second kappa shape index (κ2) is 12.0. The second-order valence-electron chi connectivity index (χ2n) is 8.54. The van der Waals surface area contributed by atoms with Crippen LogP contribution >= 0.6 is 12.2 Å². The summed E-state index contributed by atoms with van der Waals surface area (Å²) in [5.41, 5.74) is 2.23. The van der Waals surface area contributed by atoms with Gasteiger partial charge in [0.1, 0.15) is 13.2 Å². The highest BCUT2D eigenvalue weighted by atomic mass is 32.1. The summed E-state index contributed by atoms with van der Waals surface area (Å²) in [7, 11) is 0. The number of rotatable bonds is 10. The summed E-state index contributed by atoms with van der Waals surface area (Å²) in [5, 5.41) is 4.90. The summed E-state index contributed by atoms with van der Waals surface area (Å²) < 4.78 is 11.4. The zero-order chi connectivity index (χ0) is 24.6. The monoisotopic (exact) mass is 495 g/mol. The van der Waals surface area contributed by atoms with Crippen LogP contribution in [0.15, 0.2) is 47.5 Å². The van der Waals surface area contributed by atoms with Gasteiger partial charge in [-0.05, 0) is 62.0 Å². The lowest BCUT2D eigenvalue weighted by molar-refractivity contribution is 0.172. The highest BCUT2D eigenvalue weighted by molar-refractivity contribution is 7.80. The van der Waals surface area contributed by atoms with E-state index in [2.05, 4.69) is 34.0 Å². The topological polar surface area (TPSA) is 82.7 Å². The minimum absolute atomic E-state index is 0.144. The lowest BCUT2D eigenvalue weighted by atomic mass is 10.1. The van der Waals surface area contributed by atoms with Gasteiger partial charge in [0, 0.05) is 42.5 Å². The molecule has 0 spiro atoms. The maximum Gasteiger partial charge on any atom is 0.253 e. The first-order valence-corrected chi connectivity index (χ1v) is 12.6. The Balaban J connectivity index is 1.52. The van der Waals surface area contributed by atoms with Crippen molar-refractivity contribution in [1.29, 1.82) is 0 Å². The highest BCUT2D eigenvalue weighted by Gasteiger charge is 2.17. The van der Waals surface area contributed by atoms with Gasteiger partial charge in [-0.15, -0.1) is 0 Å². The molecular formula is C26H33N5O3S. The Morgan fingerprint density at radius 2 is 1.91 bits per heavy atom. The van der Waals surface area contributed by atoms with Crippen molar-refractivity contribution in [2.45, 2.75) is 33.4 Å². The van der Waals surface area contributed by atoms with E-state index in [0.29, 0.717) is 48.5 Å². The summed E-state index contributed by atoms with van der Waals surface area (Å²) in [5.74, 6) is 1.35. The second-order valence-corrected chi connectivity index (χ2v) is 8.92. The molecule has 35 heavy (non-hydrogen) atoms. The molecule has 4 rings (SSSR count). The van der Waals surface area contributed by atoms with Crippen molar-refractivity contribution in [3.63, 3.8) is 0 Å². The minimum atomic E-state index is -0.144. The third kappa shape index (κ3) is 6.49. The summed E-state index contributed by atoms with van der Waals surface area (Å²) in [6.07, 6.45) is 4.56.